The molecule has 3 amide bonds. The van der Waals surface area contributed by atoms with Crippen LogP contribution in [0, 0.1) is 13.8 Å². The molecule has 2 N–H and O–H groups in total. The van der Waals surface area contributed by atoms with E-state index in [9.17, 15) is 9.59 Å². The summed E-state index contributed by atoms with van der Waals surface area (Å²) in [6.07, 6.45) is 3.33. The number of aromatic nitrogens is 4. The Morgan fingerprint density at radius 1 is 1.24 bits per heavy atom. The zero-order valence-corrected chi connectivity index (χ0v) is 14.5. The van der Waals surface area contributed by atoms with Gasteiger partial charge in [0, 0.05) is 18.1 Å². The molecule has 0 aliphatic rings. The van der Waals surface area contributed by atoms with Crippen LogP contribution in [-0.2, 0) is 4.79 Å². The van der Waals surface area contributed by atoms with Crippen molar-refractivity contribution in [1.82, 2.24) is 24.9 Å². The molecule has 0 aliphatic carbocycles. The summed E-state index contributed by atoms with van der Waals surface area (Å²) >= 11 is 1.13. The highest BCUT2D eigenvalue weighted by Crippen LogP contribution is 2.17. The van der Waals surface area contributed by atoms with Crippen LogP contribution in [0.25, 0.3) is 5.78 Å². The summed E-state index contributed by atoms with van der Waals surface area (Å²) < 4.78 is 1.52. The minimum atomic E-state index is -0.566. The summed E-state index contributed by atoms with van der Waals surface area (Å²) in [5.41, 5.74) is 2.69. The Morgan fingerprint density at radius 2 is 2.08 bits per heavy atom. The van der Waals surface area contributed by atoms with Gasteiger partial charge in [-0.3, -0.25) is 10.1 Å². The van der Waals surface area contributed by atoms with E-state index >= 15 is 0 Å². The van der Waals surface area contributed by atoms with Crippen LogP contribution in [0.1, 0.15) is 11.1 Å². The first-order valence-corrected chi connectivity index (χ1v) is 8.49. The first kappa shape index (κ1) is 16.9. The third-order valence-electron chi connectivity index (χ3n) is 3.54. The van der Waals surface area contributed by atoms with Crippen molar-refractivity contribution in [3.63, 3.8) is 0 Å². The maximum atomic E-state index is 11.9. The van der Waals surface area contributed by atoms with E-state index < -0.39 is 11.9 Å². The molecule has 3 rings (SSSR count). The van der Waals surface area contributed by atoms with Crippen molar-refractivity contribution in [2.45, 2.75) is 19.0 Å². The van der Waals surface area contributed by atoms with Gasteiger partial charge in [-0.2, -0.15) is 4.98 Å². The number of rotatable bonds is 4. The van der Waals surface area contributed by atoms with E-state index in [1.807, 2.05) is 26.0 Å². The maximum absolute atomic E-state index is 11.9. The van der Waals surface area contributed by atoms with Crippen molar-refractivity contribution in [2.24, 2.45) is 0 Å². The number of benzene rings is 1. The lowest BCUT2D eigenvalue weighted by atomic mass is 10.1. The number of thioether (sulfide) groups is 1. The minimum absolute atomic E-state index is 0.0249. The van der Waals surface area contributed by atoms with Crippen LogP contribution in [0.2, 0.25) is 0 Å². The van der Waals surface area contributed by atoms with Gasteiger partial charge in [-0.25, -0.2) is 14.3 Å². The maximum Gasteiger partial charge on any atom is 0.325 e. The third-order valence-corrected chi connectivity index (χ3v) is 4.37. The minimum Gasteiger partial charge on any atom is -0.307 e. The van der Waals surface area contributed by atoms with Crippen LogP contribution in [0.3, 0.4) is 0 Å². The third kappa shape index (κ3) is 4.13. The number of carbonyl (C=O) groups excluding carboxylic acids is 2. The summed E-state index contributed by atoms with van der Waals surface area (Å²) in [6.45, 7) is 3.86. The summed E-state index contributed by atoms with van der Waals surface area (Å²) in [5, 5.41) is 9.57. The number of fused-ring (bicyclic) bond motifs is 1. The van der Waals surface area contributed by atoms with E-state index in [2.05, 4.69) is 25.7 Å². The molecule has 0 unspecified atom stereocenters. The number of aryl methyl sites for hydroxylation is 1. The number of carbonyl (C=O) groups is 2. The van der Waals surface area contributed by atoms with Gasteiger partial charge in [-0.15, -0.1) is 5.10 Å². The molecule has 0 radical (unpaired) electrons. The Kier molecular flexibility index (Phi) is 4.94. The molecule has 0 aliphatic heterocycles. The van der Waals surface area contributed by atoms with Crippen molar-refractivity contribution in [2.75, 3.05) is 11.1 Å². The molecule has 3 aromatic rings. The number of amides is 3. The number of hydrogen-bond donors (Lipinski definition) is 2. The Morgan fingerprint density at radius 3 is 2.88 bits per heavy atom. The number of urea groups is 1. The number of anilines is 1. The van der Waals surface area contributed by atoms with Gasteiger partial charge in [0.2, 0.25) is 11.1 Å². The summed E-state index contributed by atoms with van der Waals surface area (Å²) in [6, 6.07) is 6.76. The fourth-order valence-electron chi connectivity index (χ4n) is 2.11. The Hall–Kier alpha value is -2.94. The molecule has 2 aromatic heterocycles. The number of nitrogens with one attached hydrogen (secondary N) is 2. The second kappa shape index (κ2) is 7.31. The van der Waals surface area contributed by atoms with Crippen LogP contribution in [0.4, 0.5) is 10.5 Å². The first-order valence-electron chi connectivity index (χ1n) is 7.50. The van der Waals surface area contributed by atoms with Gasteiger partial charge >= 0.3 is 6.03 Å². The second-order valence-electron chi connectivity index (χ2n) is 5.30. The molecule has 0 atom stereocenters. The molecule has 25 heavy (non-hydrogen) atoms. The molecule has 0 saturated carbocycles. The molecule has 0 bridgehead atoms. The van der Waals surface area contributed by atoms with Crippen molar-refractivity contribution in [1.29, 1.82) is 0 Å². The van der Waals surface area contributed by atoms with Crippen LogP contribution < -0.4 is 10.6 Å². The van der Waals surface area contributed by atoms with E-state index in [0.29, 0.717) is 16.6 Å². The van der Waals surface area contributed by atoms with E-state index in [4.69, 9.17) is 0 Å². The van der Waals surface area contributed by atoms with Gasteiger partial charge in [0.05, 0.1) is 5.75 Å². The van der Waals surface area contributed by atoms with Gasteiger partial charge in [-0.05, 0) is 37.1 Å². The predicted molar refractivity (Wildman–Crippen MR) is 94.6 cm³/mol. The van der Waals surface area contributed by atoms with Gasteiger partial charge in [-0.1, -0.05) is 23.9 Å². The zero-order chi connectivity index (χ0) is 17.8. The molecular weight excluding hydrogens is 340 g/mol. The highest BCUT2D eigenvalue weighted by molar-refractivity contribution is 7.99. The fourth-order valence-corrected chi connectivity index (χ4v) is 2.73. The van der Waals surface area contributed by atoms with E-state index in [1.54, 1.807) is 24.5 Å². The van der Waals surface area contributed by atoms with E-state index in [0.717, 1.165) is 22.9 Å². The summed E-state index contributed by atoms with van der Waals surface area (Å²) in [4.78, 5) is 32.1. The van der Waals surface area contributed by atoms with Crippen molar-refractivity contribution >= 4 is 35.2 Å². The topological polar surface area (TPSA) is 101 Å². The van der Waals surface area contributed by atoms with Gasteiger partial charge < -0.3 is 5.32 Å². The normalized spacial score (nSPS) is 10.6. The number of nitrogens with zero attached hydrogens (tertiary/aromatic N) is 4. The van der Waals surface area contributed by atoms with E-state index in [-0.39, 0.29) is 5.75 Å². The lowest BCUT2D eigenvalue weighted by Crippen LogP contribution is -2.35. The first-order chi connectivity index (χ1) is 12.0. The van der Waals surface area contributed by atoms with Gasteiger partial charge in [0.25, 0.3) is 5.78 Å². The highest BCUT2D eigenvalue weighted by Gasteiger charge is 2.12. The molecule has 0 fully saturated rings. The molecular formula is C16H16N6O2S. The smallest absolute Gasteiger partial charge is 0.307 e. The second-order valence-corrected chi connectivity index (χ2v) is 6.24. The van der Waals surface area contributed by atoms with Crippen LogP contribution in [0.15, 0.2) is 41.8 Å². The van der Waals surface area contributed by atoms with Crippen molar-refractivity contribution in [3.05, 3.63) is 47.8 Å². The predicted octanol–water partition coefficient (Wildman–Crippen LogP) is 2.18. The van der Waals surface area contributed by atoms with E-state index in [1.165, 1.54) is 4.52 Å². The van der Waals surface area contributed by atoms with Crippen LogP contribution in [0.5, 0.6) is 0 Å². The number of imide groups is 1. The van der Waals surface area contributed by atoms with Crippen LogP contribution in [-0.4, -0.2) is 37.3 Å². The largest absolute Gasteiger partial charge is 0.325 e. The standard InChI is InChI=1S/C16H16N6O2S/c1-10-5-3-6-12(11(10)2)18-15(24)19-13(23)9-25-16-20-14-17-7-4-8-22(14)21-16/h3-8H,9H2,1-2H3,(H2,18,19,23,24). The summed E-state index contributed by atoms with van der Waals surface area (Å²) in [5.74, 6) is 0.0505. The average molecular weight is 356 g/mol. The zero-order valence-electron chi connectivity index (χ0n) is 13.7. The van der Waals surface area contributed by atoms with Crippen molar-refractivity contribution < 1.29 is 9.59 Å². The molecule has 9 heteroatoms. The molecule has 0 spiro atoms. The van der Waals surface area contributed by atoms with Crippen molar-refractivity contribution in [3.8, 4) is 0 Å². The lowest BCUT2D eigenvalue weighted by molar-refractivity contribution is -0.117. The Labute approximate surface area is 148 Å². The average Bonchev–Trinajstić information content (AvgIpc) is 3.00. The molecule has 128 valence electrons. The quantitative estimate of drug-likeness (QED) is 0.695. The fraction of sp³-hybridized carbons (Fsp3) is 0.188. The molecule has 8 nitrogen and oxygen atoms in total. The SMILES string of the molecule is Cc1cccc(NC(=O)NC(=O)CSc2nc3ncccn3n2)c1C. The van der Waals surface area contributed by atoms with Gasteiger partial charge in [0.15, 0.2) is 0 Å². The highest BCUT2D eigenvalue weighted by atomic mass is 32.2. The lowest BCUT2D eigenvalue weighted by Gasteiger charge is -2.10. The molecule has 2 heterocycles. The monoisotopic (exact) mass is 356 g/mol. The molecule has 1 aromatic carbocycles. The summed E-state index contributed by atoms with van der Waals surface area (Å²) in [7, 11) is 0. The Bertz CT molecular complexity index is 906. The van der Waals surface area contributed by atoms with Gasteiger partial charge in [0.1, 0.15) is 0 Å². The number of hydrogen-bond acceptors (Lipinski definition) is 6. The Balaban J connectivity index is 1.53. The van der Waals surface area contributed by atoms with Crippen LogP contribution >= 0.6 is 11.8 Å². The molecule has 0 saturated heterocycles.